The fourth-order valence-electron chi connectivity index (χ4n) is 0.997. The molecule has 0 aliphatic rings. The van der Waals surface area contributed by atoms with Crippen molar-refractivity contribution in [3.05, 3.63) is 23.5 Å². The molecule has 0 aliphatic carbocycles. The van der Waals surface area contributed by atoms with Crippen LogP contribution in [0.3, 0.4) is 0 Å². The molecule has 1 aromatic heterocycles. The molecule has 0 spiro atoms. The van der Waals surface area contributed by atoms with Gasteiger partial charge in [-0.1, -0.05) is 0 Å². The molecular formula is C9H8N2O4. The SMILES string of the molecule is CC(=O)Nc1cc(C=O)nc(C(=O)O)c1. The fourth-order valence-corrected chi connectivity index (χ4v) is 0.997. The van der Waals surface area contributed by atoms with Crippen molar-refractivity contribution in [1.82, 2.24) is 4.98 Å². The number of rotatable bonds is 3. The number of nitrogens with zero attached hydrogens (tertiary/aromatic N) is 1. The first-order chi connectivity index (χ1) is 7.02. The van der Waals surface area contributed by atoms with Crippen LogP contribution in [0, 0.1) is 0 Å². The number of hydrogen-bond acceptors (Lipinski definition) is 4. The van der Waals surface area contributed by atoms with Crippen LogP contribution in [0.2, 0.25) is 0 Å². The Kier molecular flexibility index (Phi) is 3.12. The number of aromatic nitrogens is 1. The molecule has 2 N–H and O–H groups in total. The van der Waals surface area contributed by atoms with E-state index >= 15 is 0 Å². The zero-order valence-corrected chi connectivity index (χ0v) is 7.85. The lowest BCUT2D eigenvalue weighted by atomic mass is 10.2. The van der Waals surface area contributed by atoms with Gasteiger partial charge in [0.2, 0.25) is 5.91 Å². The van der Waals surface area contributed by atoms with Gasteiger partial charge in [-0.05, 0) is 12.1 Å². The lowest BCUT2D eigenvalue weighted by Gasteiger charge is -2.03. The smallest absolute Gasteiger partial charge is 0.354 e. The van der Waals surface area contributed by atoms with Crippen LogP contribution in [0.4, 0.5) is 5.69 Å². The number of pyridine rings is 1. The summed E-state index contributed by atoms with van der Waals surface area (Å²) >= 11 is 0. The van der Waals surface area contributed by atoms with Crippen molar-refractivity contribution in [2.24, 2.45) is 0 Å². The van der Waals surface area contributed by atoms with Crippen LogP contribution < -0.4 is 5.32 Å². The van der Waals surface area contributed by atoms with Gasteiger partial charge in [0, 0.05) is 12.6 Å². The summed E-state index contributed by atoms with van der Waals surface area (Å²) in [5, 5.41) is 11.0. The molecule has 0 radical (unpaired) electrons. The number of carbonyl (C=O) groups is 3. The molecule has 0 aliphatic heterocycles. The Morgan fingerprint density at radius 2 is 2.13 bits per heavy atom. The Balaban J connectivity index is 3.16. The number of carboxylic acid groups (broad SMARTS) is 1. The van der Waals surface area contributed by atoms with E-state index in [9.17, 15) is 14.4 Å². The van der Waals surface area contributed by atoms with E-state index in [2.05, 4.69) is 10.3 Å². The minimum Gasteiger partial charge on any atom is -0.477 e. The Morgan fingerprint density at radius 3 is 2.60 bits per heavy atom. The summed E-state index contributed by atoms with van der Waals surface area (Å²) in [5.74, 6) is -1.61. The van der Waals surface area contributed by atoms with Gasteiger partial charge in [0.1, 0.15) is 5.69 Å². The second-order valence-electron chi connectivity index (χ2n) is 2.77. The minimum atomic E-state index is -1.26. The lowest BCUT2D eigenvalue weighted by Crippen LogP contribution is -2.09. The average Bonchev–Trinajstić information content (AvgIpc) is 2.16. The maximum atomic E-state index is 10.7. The van der Waals surface area contributed by atoms with E-state index in [4.69, 9.17) is 5.11 Å². The van der Waals surface area contributed by atoms with Gasteiger partial charge in [-0.3, -0.25) is 9.59 Å². The standard InChI is InChI=1S/C9H8N2O4/c1-5(13)10-6-2-7(4-12)11-8(3-6)9(14)15/h2-4H,1H3,(H,14,15)(H,10,11,13). The van der Waals surface area contributed by atoms with E-state index in [0.29, 0.717) is 6.29 Å². The molecule has 0 aromatic carbocycles. The lowest BCUT2D eigenvalue weighted by molar-refractivity contribution is -0.114. The molecule has 0 atom stereocenters. The number of hydrogen-bond donors (Lipinski definition) is 2. The zero-order valence-electron chi connectivity index (χ0n) is 7.85. The van der Waals surface area contributed by atoms with Crippen molar-refractivity contribution in [3.8, 4) is 0 Å². The molecule has 0 saturated carbocycles. The fraction of sp³-hybridized carbons (Fsp3) is 0.111. The minimum absolute atomic E-state index is 0.0429. The third kappa shape index (κ3) is 2.87. The predicted molar refractivity (Wildman–Crippen MR) is 50.9 cm³/mol. The highest BCUT2D eigenvalue weighted by Gasteiger charge is 2.09. The van der Waals surface area contributed by atoms with Crippen molar-refractivity contribution in [2.45, 2.75) is 6.92 Å². The number of carbonyl (C=O) groups excluding carboxylic acids is 2. The molecule has 1 rings (SSSR count). The van der Waals surface area contributed by atoms with Crippen molar-refractivity contribution >= 4 is 23.9 Å². The van der Waals surface area contributed by atoms with Crippen LogP contribution in [0.5, 0.6) is 0 Å². The van der Waals surface area contributed by atoms with Crippen LogP contribution in [0.1, 0.15) is 27.9 Å². The van der Waals surface area contributed by atoms with Gasteiger partial charge in [0.05, 0.1) is 0 Å². The van der Waals surface area contributed by atoms with Crippen LogP contribution in [0.15, 0.2) is 12.1 Å². The van der Waals surface area contributed by atoms with Gasteiger partial charge < -0.3 is 10.4 Å². The summed E-state index contributed by atoms with van der Waals surface area (Å²) in [6.07, 6.45) is 0.414. The van der Waals surface area contributed by atoms with E-state index in [0.717, 1.165) is 0 Å². The van der Waals surface area contributed by atoms with Crippen molar-refractivity contribution in [2.75, 3.05) is 5.32 Å². The quantitative estimate of drug-likeness (QED) is 0.707. The second-order valence-corrected chi connectivity index (χ2v) is 2.77. The summed E-state index contributed by atoms with van der Waals surface area (Å²) in [6.45, 7) is 1.28. The van der Waals surface area contributed by atoms with E-state index in [1.165, 1.54) is 19.1 Å². The van der Waals surface area contributed by atoms with Crippen LogP contribution in [-0.4, -0.2) is 28.3 Å². The first kappa shape index (κ1) is 10.8. The molecule has 1 amide bonds. The molecule has 0 fully saturated rings. The highest BCUT2D eigenvalue weighted by molar-refractivity contribution is 5.93. The first-order valence-corrected chi connectivity index (χ1v) is 4.01. The van der Waals surface area contributed by atoms with E-state index in [-0.39, 0.29) is 23.0 Å². The monoisotopic (exact) mass is 208 g/mol. The normalized spacial score (nSPS) is 9.40. The van der Waals surface area contributed by atoms with E-state index < -0.39 is 5.97 Å². The summed E-state index contributed by atoms with van der Waals surface area (Å²) in [7, 11) is 0. The van der Waals surface area contributed by atoms with Crippen LogP contribution in [-0.2, 0) is 4.79 Å². The Labute approximate surface area is 84.9 Å². The Morgan fingerprint density at radius 1 is 1.47 bits per heavy atom. The molecule has 15 heavy (non-hydrogen) atoms. The van der Waals surface area contributed by atoms with Crippen LogP contribution >= 0.6 is 0 Å². The molecule has 78 valence electrons. The number of nitrogens with one attached hydrogen (secondary N) is 1. The highest BCUT2D eigenvalue weighted by atomic mass is 16.4. The van der Waals surface area contributed by atoms with Gasteiger partial charge in [0.25, 0.3) is 0 Å². The summed E-state index contributed by atoms with van der Waals surface area (Å²) < 4.78 is 0. The van der Waals surface area contributed by atoms with Crippen LogP contribution in [0.25, 0.3) is 0 Å². The summed E-state index contributed by atoms with van der Waals surface area (Å²) in [4.78, 5) is 35.3. The molecular weight excluding hydrogens is 200 g/mol. The maximum absolute atomic E-state index is 10.7. The number of anilines is 1. The van der Waals surface area contributed by atoms with Gasteiger partial charge in [-0.25, -0.2) is 9.78 Å². The molecule has 1 heterocycles. The van der Waals surface area contributed by atoms with Gasteiger partial charge in [0.15, 0.2) is 12.0 Å². The molecule has 6 nitrogen and oxygen atoms in total. The third-order valence-corrected chi connectivity index (χ3v) is 1.51. The number of aromatic carboxylic acids is 1. The number of carboxylic acids is 1. The summed E-state index contributed by atoms with van der Waals surface area (Å²) in [5.41, 5.74) is -0.0981. The largest absolute Gasteiger partial charge is 0.477 e. The Hall–Kier alpha value is -2.24. The number of aldehydes is 1. The van der Waals surface area contributed by atoms with E-state index in [1.807, 2.05) is 0 Å². The predicted octanol–water partition coefficient (Wildman–Crippen LogP) is 0.551. The van der Waals surface area contributed by atoms with Gasteiger partial charge >= 0.3 is 5.97 Å². The van der Waals surface area contributed by atoms with Crippen molar-refractivity contribution in [3.63, 3.8) is 0 Å². The van der Waals surface area contributed by atoms with Gasteiger partial charge in [-0.2, -0.15) is 0 Å². The maximum Gasteiger partial charge on any atom is 0.354 e. The van der Waals surface area contributed by atoms with Crippen molar-refractivity contribution in [1.29, 1.82) is 0 Å². The highest BCUT2D eigenvalue weighted by Crippen LogP contribution is 2.10. The molecule has 6 heteroatoms. The van der Waals surface area contributed by atoms with E-state index in [1.54, 1.807) is 0 Å². The molecule has 0 bridgehead atoms. The third-order valence-electron chi connectivity index (χ3n) is 1.51. The molecule has 0 unspecified atom stereocenters. The first-order valence-electron chi connectivity index (χ1n) is 4.01. The van der Waals surface area contributed by atoms with Crippen molar-refractivity contribution < 1.29 is 19.5 Å². The Bertz CT molecular complexity index is 428. The average molecular weight is 208 g/mol. The molecule has 1 aromatic rings. The molecule has 0 saturated heterocycles. The van der Waals surface area contributed by atoms with Gasteiger partial charge in [-0.15, -0.1) is 0 Å². The second kappa shape index (κ2) is 4.32. The summed E-state index contributed by atoms with van der Waals surface area (Å²) in [6, 6.07) is 2.47. The zero-order chi connectivity index (χ0) is 11.4. The number of amides is 1. The topological polar surface area (TPSA) is 96.4 Å².